The van der Waals surface area contributed by atoms with E-state index in [1.165, 1.54) is 12.1 Å². The van der Waals surface area contributed by atoms with Crippen molar-refractivity contribution in [3.63, 3.8) is 0 Å². The Morgan fingerprint density at radius 3 is 2.36 bits per heavy atom. The number of non-ortho nitro benzene ring substituents is 1. The van der Waals surface area contributed by atoms with Crippen LogP contribution < -0.4 is 16.6 Å². The molecule has 0 heterocycles. The van der Waals surface area contributed by atoms with Crippen LogP contribution in [0.15, 0.2) is 54.6 Å². The van der Waals surface area contributed by atoms with Crippen LogP contribution in [0.5, 0.6) is 0 Å². The lowest BCUT2D eigenvalue weighted by Gasteiger charge is -2.13. The standard InChI is InChI=1S/C15H16N4O3/c16-14(10-11-6-8-13(9-7-11)19(21)22)15(20)18-17-12-4-2-1-3-5-12/h1-9,14,17H,10,16H2,(H,18,20)/t14-/m0/s1. The molecule has 0 aliphatic heterocycles. The molecule has 0 aromatic heterocycles. The minimum absolute atomic E-state index is 0.00696. The van der Waals surface area contributed by atoms with Crippen molar-refractivity contribution in [2.45, 2.75) is 12.5 Å². The largest absolute Gasteiger partial charge is 0.320 e. The fourth-order valence-corrected chi connectivity index (χ4v) is 1.85. The molecule has 0 radical (unpaired) electrons. The Bertz CT molecular complexity index is 644. The maximum atomic E-state index is 11.9. The predicted octanol–water partition coefficient (Wildman–Crippen LogP) is 1.61. The molecule has 7 heteroatoms. The van der Waals surface area contributed by atoms with E-state index in [4.69, 9.17) is 5.73 Å². The smallest absolute Gasteiger partial charge is 0.269 e. The number of benzene rings is 2. The lowest BCUT2D eigenvalue weighted by atomic mass is 10.1. The number of hydrogen-bond acceptors (Lipinski definition) is 5. The number of nitrogens with one attached hydrogen (secondary N) is 2. The highest BCUT2D eigenvalue weighted by Gasteiger charge is 2.14. The molecule has 7 nitrogen and oxygen atoms in total. The Morgan fingerprint density at radius 2 is 1.77 bits per heavy atom. The van der Waals surface area contributed by atoms with Crippen molar-refractivity contribution in [2.24, 2.45) is 5.73 Å². The predicted molar refractivity (Wildman–Crippen MR) is 83.0 cm³/mol. The summed E-state index contributed by atoms with van der Waals surface area (Å²) < 4.78 is 0. The molecule has 2 aromatic rings. The molecule has 0 unspecified atom stereocenters. The van der Waals surface area contributed by atoms with Crippen molar-refractivity contribution in [1.29, 1.82) is 0 Å². The van der Waals surface area contributed by atoms with E-state index in [9.17, 15) is 14.9 Å². The summed E-state index contributed by atoms with van der Waals surface area (Å²) in [4.78, 5) is 22.0. The van der Waals surface area contributed by atoms with Crippen LogP contribution in [0.1, 0.15) is 5.56 Å². The van der Waals surface area contributed by atoms with Gasteiger partial charge < -0.3 is 5.73 Å². The average molecular weight is 300 g/mol. The number of para-hydroxylation sites is 1. The molecular formula is C15H16N4O3. The van der Waals surface area contributed by atoms with E-state index >= 15 is 0 Å². The zero-order valence-electron chi connectivity index (χ0n) is 11.7. The number of carbonyl (C=O) groups excluding carboxylic acids is 1. The zero-order chi connectivity index (χ0) is 15.9. The fraction of sp³-hybridized carbons (Fsp3) is 0.133. The van der Waals surface area contributed by atoms with Crippen molar-refractivity contribution >= 4 is 17.3 Å². The van der Waals surface area contributed by atoms with E-state index in [0.717, 1.165) is 11.3 Å². The molecule has 0 aliphatic rings. The SMILES string of the molecule is N[C@@H](Cc1ccc([N+](=O)[O-])cc1)C(=O)NNc1ccccc1. The van der Waals surface area contributed by atoms with Gasteiger partial charge in [-0.15, -0.1) is 0 Å². The van der Waals surface area contributed by atoms with Gasteiger partial charge in [-0.2, -0.15) is 0 Å². The Morgan fingerprint density at radius 1 is 1.14 bits per heavy atom. The molecule has 0 fully saturated rings. The van der Waals surface area contributed by atoms with E-state index in [0.29, 0.717) is 6.42 Å². The molecule has 0 aliphatic carbocycles. The lowest BCUT2D eigenvalue weighted by molar-refractivity contribution is -0.384. The van der Waals surface area contributed by atoms with Gasteiger partial charge in [0.2, 0.25) is 0 Å². The first-order valence-electron chi connectivity index (χ1n) is 6.66. The van der Waals surface area contributed by atoms with Gasteiger partial charge in [-0.1, -0.05) is 30.3 Å². The number of anilines is 1. The van der Waals surface area contributed by atoms with Crippen molar-refractivity contribution < 1.29 is 9.72 Å². The molecule has 2 aromatic carbocycles. The third kappa shape index (κ3) is 4.29. The van der Waals surface area contributed by atoms with Crippen LogP contribution in [0.25, 0.3) is 0 Å². The second-order valence-corrected chi connectivity index (χ2v) is 4.71. The van der Waals surface area contributed by atoms with E-state index in [1.54, 1.807) is 12.1 Å². The first-order valence-corrected chi connectivity index (χ1v) is 6.66. The first-order chi connectivity index (χ1) is 10.6. The highest BCUT2D eigenvalue weighted by atomic mass is 16.6. The number of amides is 1. The summed E-state index contributed by atoms with van der Waals surface area (Å²) in [5.74, 6) is -0.359. The summed E-state index contributed by atoms with van der Waals surface area (Å²) in [5, 5.41) is 10.6. The third-order valence-electron chi connectivity index (χ3n) is 3.04. The summed E-state index contributed by atoms with van der Waals surface area (Å²) in [6.07, 6.45) is 0.292. The number of nitro benzene ring substituents is 1. The Balaban J connectivity index is 1.86. The van der Waals surface area contributed by atoms with Gasteiger partial charge in [0, 0.05) is 12.1 Å². The summed E-state index contributed by atoms with van der Waals surface area (Å²) in [5.41, 5.74) is 12.6. The van der Waals surface area contributed by atoms with Crippen LogP contribution in [-0.4, -0.2) is 16.9 Å². The van der Waals surface area contributed by atoms with Gasteiger partial charge in [0.15, 0.2) is 0 Å². The number of rotatable bonds is 6. The molecule has 0 spiro atoms. The van der Waals surface area contributed by atoms with E-state index in [2.05, 4.69) is 10.9 Å². The van der Waals surface area contributed by atoms with E-state index in [1.807, 2.05) is 30.3 Å². The summed E-state index contributed by atoms with van der Waals surface area (Å²) in [6, 6.07) is 14.4. The van der Waals surface area contributed by atoms with Crippen LogP contribution in [0.2, 0.25) is 0 Å². The number of hydrazine groups is 1. The number of carbonyl (C=O) groups is 1. The lowest BCUT2D eigenvalue weighted by Crippen LogP contribution is -2.44. The van der Waals surface area contributed by atoms with E-state index in [-0.39, 0.29) is 11.6 Å². The molecule has 114 valence electrons. The summed E-state index contributed by atoms with van der Waals surface area (Å²) in [6.45, 7) is 0. The molecule has 4 N–H and O–H groups in total. The highest BCUT2D eigenvalue weighted by molar-refractivity contribution is 5.82. The second kappa shape index (κ2) is 7.19. The van der Waals surface area contributed by atoms with Gasteiger partial charge in [0.05, 0.1) is 16.7 Å². The Labute approximate surface area is 127 Å². The van der Waals surface area contributed by atoms with Gasteiger partial charge in [-0.05, 0) is 24.1 Å². The molecular weight excluding hydrogens is 284 g/mol. The molecule has 1 atom stereocenters. The number of hydrogen-bond donors (Lipinski definition) is 3. The van der Waals surface area contributed by atoms with Crippen LogP contribution >= 0.6 is 0 Å². The van der Waals surface area contributed by atoms with Crippen molar-refractivity contribution in [3.05, 3.63) is 70.3 Å². The molecule has 0 saturated carbocycles. The topological polar surface area (TPSA) is 110 Å². The third-order valence-corrected chi connectivity index (χ3v) is 3.04. The van der Waals surface area contributed by atoms with Crippen molar-refractivity contribution in [1.82, 2.24) is 5.43 Å². The van der Waals surface area contributed by atoms with E-state index < -0.39 is 11.0 Å². The van der Waals surface area contributed by atoms with Crippen LogP contribution in [0, 0.1) is 10.1 Å². The molecule has 2 rings (SSSR count). The molecule has 22 heavy (non-hydrogen) atoms. The van der Waals surface area contributed by atoms with Crippen molar-refractivity contribution in [2.75, 3.05) is 5.43 Å². The maximum absolute atomic E-state index is 11.9. The fourth-order valence-electron chi connectivity index (χ4n) is 1.85. The average Bonchev–Trinajstić information content (AvgIpc) is 2.54. The van der Waals surface area contributed by atoms with Gasteiger partial charge in [0.1, 0.15) is 0 Å². The van der Waals surface area contributed by atoms with Gasteiger partial charge in [0.25, 0.3) is 11.6 Å². The maximum Gasteiger partial charge on any atom is 0.269 e. The van der Waals surface area contributed by atoms with Crippen LogP contribution in [-0.2, 0) is 11.2 Å². The van der Waals surface area contributed by atoms with Crippen molar-refractivity contribution in [3.8, 4) is 0 Å². The molecule has 1 amide bonds. The summed E-state index contributed by atoms with van der Waals surface area (Å²) in [7, 11) is 0. The number of nitro groups is 1. The molecule has 0 saturated heterocycles. The monoisotopic (exact) mass is 300 g/mol. The number of nitrogens with two attached hydrogens (primary N) is 1. The Kier molecular flexibility index (Phi) is 5.05. The Hall–Kier alpha value is -2.93. The minimum Gasteiger partial charge on any atom is -0.320 e. The first kappa shape index (κ1) is 15.5. The second-order valence-electron chi connectivity index (χ2n) is 4.71. The van der Waals surface area contributed by atoms with Crippen LogP contribution in [0.3, 0.4) is 0 Å². The quantitative estimate of drug-likeness (QED) is 0.554. The van der Waals surface area contributed by atoms with Crippen LogP contribution in [0.4, 0.5) is 11.4 Å². The minimum atomic E-state index is -0.752. The summed E-state index contributed by atoms with van der Waals surface area (Å²) >= 11 is 0. The highest BCUT2D eigenvalue weighted by Crippen LogP contribution is 2.13. The zero-order valence-corrected chi connectivity index (χ0v) is 11.7. The molecule has 0 bridgehead atoms. The van der Waals surface area contributed by atoms with Gasteiger partial charge >= 0.3 is 0 Å². The van der Waals surface area contributed by atoms with Gasteiger partial charge in [-0.3, -0.25) is 25.8 Å². The van der Waals surface area contributed by atoms with Gasteiger partial charge in [-0.25, -0.2) is 0 Å². The number of nitrogens with zero attached hydrogens (tertiary/aromatic N) is 1. The normalized spacial score (nSPS) is 11.5.